The van der Waals surface area contributed by atoms with E-state index in [1.54, 1.807) is 6.33 Å². The molecule has 0 unspecified atom stereocenters. The van der Waals surface area contributed by atoms with Crippen LogP contribution in [0.2, 0.25) is 0 Å². The molecule has 2 aliphatic heterocycles. The van der Waals surface area contributed by atoms with Crippen molar-refractivity contribution in [2.75, 3.05) is 26.2 Å². The van der Waals surface area contributed by atoms with Gasteiger partial charge in [0, 0.05) is 43.5 Å². The number of nitrogens with zero attached hydrogens (tertiary/aromatic N) is 3. The fraction of sp³-hybridized carbons (Fsp3) is 0.471. The number of ether oxygens (including phenoxy) is 1. The Balaban J connectivity index is 1.56. The Morgan fingerprint density at radius 1 is 1.25 bits per heavy atom. The maximum atomic E-state index is 11.0. The van der Waals surface area contributed by atoms with Gasteiger partial charge in [-0.2, -0.15) is 0 Å². The van der Waals surface area contributed by atoms with Crippen molar-refractivity contribution in [3.8, 4) is 5.75 Å². The molecule has 126 valence electrons. The van der Waals surface area contributed by atoms with Crippen molar-refractivity contribution in [2.24, 2.45) is 0 Å². The molecule has 7 nitrogen and oxygen atoms in total. The Morgan fingerprint density at radius 2 is 2.04 bits per heavy atom. The largest absolute Gasteiger partial charge is 0.488 e. The number of fused-ring (bicyclic) bond motifs is 1. The molecule has 24 heavy (non-hydrogen) atoms. The minimum Gasteiger partial charge on any atom is -0.488 e. The molecule has 0 aliphatic carbocycles. The summed E-state index contributed by atoms with van der Waals surface area (Å²) in [4.78, 5) is 21.4. The van der Waals surface area contributed by atoms with Crippen LogP contribution in [0.1, 0.15) is 24.5 Å². The summed E-state index contributed by atoms with van der Waals surface area (Å²) >= 11 is 0. The number of hydrogen-bond acceptors (Lipinski definition) is 5. The standard InChI is InChI=1S/C17H20N4O3/c22-17(23)21-5-3-11(4-6-21)16-14-2-1-12(24-13-8-18-9-13)7-15(14)19-10-20-16/h1-2,7,10-11,13,18H,3-6,8-9H2,(H,22,23). The van der Waals surface area contributed by atoms with Gasteiger partial charge in [0.05, 0.1) is 11.2 Å². The van der Waals surface area contributed by atoms with Crippen LogP contribution in [0, 0.1) is 0 Å². The number of carboxylic acid groups (broad SMARTS) is 1. The number of piperidine rings is 1. The first-order valence-electron chi connectivity index (χ1n) is 8.30. The molecule has 0 atom stereocenters. The number of nitrogens with one attached hydrogen (secondary N) is 1. The van der Waals surface area contributed by atoms with Crippen LogP contribution in [0.3, 0.4) is 0 Å². The predicted octanol–water partition coefficient (Wildman–Crippen LogP) is 1.84. The summed E-state index contributed by atoms with van der Waals surface area (Å²) in [6, 6.07) is 5.96. The predicted molar refractivity (Wildman–Crippen MR) is 88.4 cm³/mol. The summed E-state index contributed by atoms with van der Waals surface area (Å²) in [5, 5.41) is 13.3. The lowest BCUT2D eigenvalue weighted by atomic mass is 9.91. The van der Waals surface area contributed by atoms with Gasteiger partial charge in [-0.25, -0.2) is 14.8 Å². The van der Waals surface area contributed by atoms with E-state index in [-0.39, 0.29) is 12.0 Å². The minimum atomic E-state index is -0.840. The van der Waals surface area contributed by atoms with E-state index in [4.69, 9.17) is 9.84 Å². The Morgan fingerprint density at radius 3 is 2.71 bits per heavy atom. The smallest absolute Gasteiger partial charge is 0.407 e. The topological polar surface area (TPSA) is 87.6 Å². The van der Waals surface area contributed by atoms with E-state index >= 15 is 0 Å². The maximum absolute atomic E-state index is 11.0. The number of carbonyl (C=O) groups is 1. The highest BCUT2D eigenvalue weighted by atomic mass is 16.5. The van der Waals surface area contributed by atoms with Gasteiger partial charge in [-0.1, -0.05) is 0 Å². The summed E-state index contributed by atoms with van der Waals surface area (Å²) in [7, 11) is 0. The average molecular weight is 328 g/mol. The van der Waals surface area contributed by atoms with Crippen molar-refractivity contribution >= 4 is 17.0 Å². The van der Waals surface area contributed by atoms with Crippen LogP contribution in [0.25, 0.3) is 10.9 Å². The molecule has 7 heteroatoms. The molecule has 2 aliphatic rings. The molecule has 4 rings (SSSR count). The van der Waals surface area contributed by atoms with E-state index in [0.29, 0.717) is 13.1 Å². The summed E-state index contributed by atoms with van der Waals surface area (Å²) in [5.41, 5.74) is 1.90. The lowest BCUT2D eigenvalue weighted by Gasteiger charge is -2.30. The third kappa shape index (κ3) is 2.87. The molecule has 2 aromatic rings. The minimum absolute atomic E-state index is 0.240. The van der Waals surface area contributed by atoms with Gasteiger partial charge in [-0.3, -0.25) is 0 Å². The van der Waals surface area contributed by atoms with Crippen LogP contribution < -0.4 is 10.1 Å². The highest BCUT2D eigenvalue weighted by Gasteiger charge is 2.26. The quantitative estimate of drug-likeness (QED) is 0.894. The van der Waals surface area contributed by atoms with Gasteiger partial charge >= 0.3 is 6.09 Å². The van der Waals surface area contributed by atoms with Gasteiger partial charge in [-0.15, -0.1) is 0 Å². The fourth-order valence-corrected chi connectivity index (χ4v) is 3.34. The van der Waals surface area contributed by atoms with E-state index in [9.17, 15) is 4.79 Å². The number of benzene rings is 1. The zero-order chi connectivity index (χ0) is 16.5. The second kappa shape index (κ2) is 6.24. The first-order valence-corrected chi connectivity index (χ1v) is 8.30. The molecule has 1 aromatic heterocycles. The number of amides is 1. The Bertz CT molecular complexity index is 755. The zero-order valence-electron chi connectivity index (χ0n) is 13.3. The number of likely N-dealkylation sites (tertiary alicyclic amines) is 1. The molecule has 0 radical (unpaired) electrons. The Kier molecular flexibility index (Phi) is 3.93. The van der Waals surface area contributed by atoms with E-state index in [2.05, 4.69) is 15.3 Å². The Hall–Kier alpha value is -2.41. The van der Waals surface area contributed by atoms with Gasteiger partial charge in [0.15, 0.2) is 0 Å². The molecule has 0 spiro atoms. The second-order valence-corrected chi connectivity index (χ2v) is 6.38. The molecule has 2 fully saturated rings. The van der Waals surface area contributed by atoms with Crippen molar-refractivity contribution in [1.29, 1.82) is 0 Å². The fourth-order valence-electron chi connectivity index (χ4n) is 3.34. The monoisotopic (exact) mass is 328 g/mol. The van der Waals surface area contributed by atoms with Gasteiger partial charge in [-0.05, 0) is 25.0 Å². The third-order valence-corrected chi connectivity index (χ3v) is 4.84. The van der Waals surface area contributed by atoms with E-state index in [1.807, 2.05) is 18.2 Å². The van der Waals surface area contributed by atoms with E-state index < -0.39 is 6.09 Å². The summed E-state index contributed by atoms with van der Waals surface area (Å²) in [5.74, 6) is 1.10. The van der Waals surface area contributed by atoms with Crippen LogP contribution >= 0.6 is 0 Å². The third-order valence-electron chi connectivity index (χ3n) is 4.84. The van der Waals surface area contributed by atoms with E-state index in [0.717, 1.165) is 48.3 Å². The van der Waals surface area contributed by atoms with Crippen molar-refractivity contribution in [2.45, 2.75) is 24.9 Å². The zero-order valence-corrected chi connectivity index (χ0v) is 13.3. The second-order valence-electron chi connectivity index (χ2n) is 6.38. The summed E-state index contributed by atoms with van der Waals surface area (Å²) < 4.78 is 5.89. The van der Waals surface area contributed by atoms with Crippen molar-refractivity contribution in [3.05, 3.63) is 30.2 Å². The molecule has 0 bridgehead atoms. The van der Waals surface area contributed by atoms with E-state index in [1.165, 1.54) is 4.90 Å². The van der Waals surface area contributed by atoms with Crippen molar-refractivity contribution in [1.82, 2.24) is 20.2 Å². The van der Waals surface area contributed by atoms with Crippen molar-refractivity contribution in [3.63, 3.8) is 0 Å². The van der Waals surface area contributed by atoms with Gasteiger partial charge in [0.25, 0.3) is 0 Å². The SMILES string of the molecule is O=C(O)N1CCC(c2ncnc3cc(OC4CNC4)ccc23)CC1. The molecule has 2 N–H and O–H groups in total. The molecule has 1 amide bonds. The summed E-state index contributed by atoms with van der Waals surface area (Å²) in [6.07, 6.45) is 2.59. The maximum Gasteiger partial charge on any atom is 0.407 e. The van der Waals surface area contributed by atoms with Crippen LogP contribution in [0.15, 0.2) is 24.5 Å². The number of hydrogen-bond donors (Lipinski definition) is 2. The Labute approximate surface area is 139 Å². The van der Waals surface area contributed by atoms with Gasteiger partial charge in [0.2, 0.25) is 0 Å². The molecular formula is C17H20N4O3. The first kappa shape index (κ1) is 15.1. The molecule has 0 saturated carbocycles. The van der Waals surface area contributed by atoms with Crippen LogP contribution in [0.5, 0.6) is 5.75 Å². The summed E-state index contributed by atoms with van der Waals surface area (Å²) in [6.45, 7) is 2.88. The normalized spacial score (nSPS) is 19.2. The van der Waals surface area contributed by atoms with Gasteiger partial charge < -0.3 is 20.1 Å². The number of aromatic nitrogens is 2. The van der Waals surface area contributed by atoms with Crippen molar-refractivity contribution < 1.29 is 14.6 Å². The lowest BCUT2D eigenvalue weighted by Crippen LogP contribution is -2.50. The molecule has 2 saturated heterocycles. The molecule has 1 aromatic carbocycles. The van der Waals surface area contributed by atoms with Crippen LogP contribution in [-0.2, 0) is 0 Å². The highest BCUT2D eigenvalue weighted by Crippen LogP contribution is 2.32. The molecule has 3 heterocycles. The highest BCUT2D eigenvalue weighted by molar-refractivity contribution is 5.82. The number of rotatable bonds is 3. The van der Waals surface area contributed by atoms with Crippen LogP contribution in [0.4, 0.5) is 4.79 Å². The van der Waals surface area contributed by atoms with Crippen LogP contribution in [-0.4, -0.2) is 58.4 Å². The first-order chi connectivity index (χ1) is 11.7. The van der Waals surface area contributed by atoms with Gasteiger partial charge in [0.1, 0.15) is 18.2 Å². The lowest BCUT2D eigenvalue weighted by molar-refractivity contribution is 0.132. The molecular weight excluding hydrogens is 308 g/mol. The average Bonchev–Trinajstić information content (AvgIpc) is 2.57.